The van der Waals surface area contributed by atoms with E-state index in [0.717, 1.165) is 33.3 Å². The number of aryl methyl sites for hydroxylation is 1. The van der Waals surface area contributed by atoms with Crippen molar-refractivity contribution in [2.45, 2.75) is 20.0 Å². The van der Waals surface area contributed by atoms with Gasteiger partial charge in [-0.2, -0.15) is 0 Å². The molecule has 30 heavy (non-hydrogen) atoms. The predicted octanol–water partition coefficient (Wildman–Crippen LogP) is 4.91. The number of hydrogen-bond donors (Lipinski definition) is 1. The summed E-state index contributed by atoms with van der Waals surface area (Å²) < 4.78 is 7.09. The van der Waals surface area contributed by atoms with E-state index in [1.54, 1.807) is 18.4 Å². The van der Waals surface area contributed by atoms with E-state index in [9.17, 15) is 4.79 Å². The molecule has 0 aliphatic carbocycles. The molecule has 0 fully saturated rings. The van der Waals surface area contributed by atoms with Gasteiger partial charge >= 0.3 is 0 Å². The standard InChI is InChI=1S/C24H23N3O2S/c1-17-5-9-19(10-6-17)21-16-30-24(26-21)22-4-3-13-27(22)15-23(28)25-14-18-7-11-20(29-2)12-8-18/h3-13,16H,14-15H2,1-2H3,(H,25,28). The van der Waals surface area contributed by atoms with Crippen LogP contribution in [-0.2, 0) is 17.9 Å². The van der Waals surface area contributed by atoms with Crippen LogP contribution < -0.4 is 10.1 Å². The van der Waals surface area contributed by atoms with E-state index >= 15 is 0 Å². The Bertz CT molecular complexity index is 1130. The monoisotopic (exact) mass is 417 g/mol. The summed E-state index contributed by atoms with van der Waals surface area (Å²) in [5.41, 5.74) is 5.24. The lowest BCUT2D eigenvalue weighted by atomic mass is 10.1. The van der Waals surface area contributed by atoms with Crippen LogP contribution >= 0.6 is 11.3 Å². The van der Waals surface area contributed by atoms with Gasteiger partial charge in [0.15, 0.2) is 0 Å². The molecule has 6 heteroatoms. The first kappa shape index (κ1) is 19.9. The van der Waals surface area contributed by atoms with Gasteiger partial charge in [0.05, 0.1) is 18.5 Å². The molecule has 2 aromatic carbocycles. The van der Waals surface area contributed by atoms with Gasteiger partial charge in [-0.3, -0.25) is 4.79 Å². The molecule has 0 bridgehead atoms. The molecule has 5 nitrogen and oxygen atoms in total. The molecular weight excluding hydrogens is 394 g/mol. The second-order valence-corrected chi connectivity index (χ2v) is 7.91. The largest absolute Gasteiger partial charge is 0.497 e. The van der Waals surface area contributed by atoms with Crippen molar-refractivity contribution in [2.24, 2.45) is 0 Å². The van der Waals surface area contributed by atoms with Crippen molar-refractivity contribution in [3.8, 4) is 27.7 Å². The van der Waals surface area contributed by atoms with Gasteiger partial charge in [-0.25, -0.2) is 4.98 Å². The van der Waals surface area contributed by atoms with Crippen LogP contribution in [0.4, 0.5) is 0 Å². The number of rotatable bonds is 7. The molecule has 0 radical (unpaired) electrons. The number of carbonyl (C=O) groups is 1. The molecule has 0 unspecified atom stereocenters. The summed E-state index contributed by atoms with van der Waals surface area (Å²) in [5.74, 6) is 0.758. The minimum absolute atomic E-state index is 0.0430. The number of benzene rings is 2. The Morgan fingerprint density at radius 3 is 2.60 bits per heavy atom. The molecule has 0 saturated carbocycles. The molecule has 4 rings (SSSR count). The van der Waals surface area contributed by atoms with E-state index in [2.05, 4.69) is 41.9 Å². The molecule has 4 aromatic rings. The average Bonchev–Trinajstić information content (AvgIpc) is 3.42. The van der Waals surface area contributed by atoms with Gasteiger partial charge in [-0.05, 0) is 36.8 Å². The predicted molar refractivity (Wildman–Crippen MR) is 121 cm³/mol. The normalized spacial score (nSPS) is 10.7. The fraction of sp³-hybridized carbons (Fsp3) is 0.167. The minimum atomic E-state index is -0.0430. The molecule has 0 spiro atoms. The Hall–Kier alpha value is -3.38. The number of methoxy groups -OCH3 is 1. The summed E-state index contributed by atoms with van der Waals surface area (Å²) >= 11 is 1.59. The zero-order valence-electron chi connectivity index (χ0n) is 17.0. The second-order valence-electron chi connectivity index (χ2n) is 7.05. The van der Waals surface area contributed by atoms with E-state index < -0.39 is 0 Å². The minimum Gasteiger partial charge on any atom is -0.497 e. The lowest BCUT2D eigenvalue weighted by Crippen LogP contribution is -2.27. The molecule has 0 saturated heterocycles. The van der Waals surface area contributed by atoms with Gasteiger partial charge in [0.2, 0.25) is 5.91 Å². The van der Waals surface area contributed by atoms with Gasteiger partial charge in [-0.15, -0.1) is 11.3 Å². The number of aromatic nitrogens is 2. The highest BCUT2D eigenvalue weighted by molar-refractivity contribution is 7.13. The van der Waals surface area contributed by atoms with E-state index in [-0.39, 0.29) is 12.5 Å². The summed E-state index contributed by atoms with van der Waals surface area (Å²) in [6.07, 6.45) is 1.91. The van der Waals surface area contributed by atoms with Crippen molar-refractivity contribution in [1.82, 2.24) is 14.9 Å². The summed E-state index contributed by atoms with van der Waals surface area (Å²) in [7, 11) is 1.64. The van der Waals surface area contributed by atoms with E-state index in [0.29, 0.717) is 6.54 Å². The van der Waals surface area contributed by atoms with Crippen molar-refractivity contribution in [3.05, 3.63) is 83.4 Å². The first-order chi connectivity index (χ1) is 14.6. The number of amides is 1. The van der Waals surface area contributed by atoms with Crippen LogP contribution in [0.25, 0.3) is 22.0 Å². The van der Waals surface area contributed by atoms with Crippen LogP contribution in [-0.4, -0.2) is 22.6 Å². The van der Waals surface area contributed by atoms with Gasteiger partial charge in [0.1, 0.15) is 17.3 Å². The summed E-state index contributed by atoms with van der Waals surface area (Å²) in [6.45, 7) is 2.80. The Kier molecular flexibility index (Phi) is 5.95. The van der Waals surface area contributed by atoms with Crippen LogP contribution in [0.2, 0.25) is 0 Å². The maximum absolute atomic E-state index is 12.5. The lowest BCUT2D eigenvalue weighted by molar-refractivity contribution is -0.121. The molecule has 1 amide bonds. The maximum atomic E-state index is 12.5. The molecule has 2 heterocycles. The number of nitrogens with zero attached hydrogens (tertiary/aromatic N) is 2. The van der Waals surface area contributed by atoms with E-state index in [1.807, 2.05) is 47.2 Å². The Balaban J connectivity index is 1.41. The third-order valence-corrected chi connectivity index (χ3v) is 5.73. The lowest BCUT2D eigenvalue weighted by Gasteiger charge is -2.09. The highest BCUT2D eigenvalue weighted by Crippen LogP contribution is 2.29. The first-order valence-electron chi connectivity index (χ1n) is 9.70. The second kappa shape index (κ2) is 8.97. The highest BCUT2D eigenvalue weighted by Gasteiger charge is 2.12. The molecule has 152 valence electrons. The first-order valence-corrected chi connectivity index (χ1v) is 10.6. The smallest absolute Gasteiger partial charge is 0.240 e. The third kappa shape index (κ3) is 4.60. The summed E-state index contributed by atoms with van der Waals surface area (Å²) in [4.78, 5) is 17.3. The van der Waals surface area contributed by atoms with Crippen LogP contribution in [0.3, 0.4) is 0 Å². The topological polar surface area (TPSA) is 56.1 Å². The maximum Gasteiger partial charge on any atom is 0.240 e. The number of hydrogen-bond acceptors (Lipinski definition) is 4. The number of nitrogens with one attached hydrogen (secondary N) is 1. The van der Waals surface area contributed by atoms with Crippen molar-refractivity contribution < 1.29 is 9.53 Å². The zero-order chi connectivity index (χ0) is 20.9. The van der Waals surface area contributed by atoms with Crippen LogP contribution in [0.15, 0.2) is 72.2 Å². The molecular formula is C24H23N3O2S. The average molecular weight is 418 g/mol. The van der Waals surface area contributed by atoms with Crippen molar-refractivity contribution in [2.75, 3.05) is 7.11 Å². The molecule has 0 aliphatic rings. The third-order valence-electron chi connectivity index (χ3n) is 4.86. The summed E-state index contributed by atoms with van der Waals surface area (Å²) in [5, 5.41) is 5.93. The van der Waals surface area contributed by atoms with E-state index in [4.69, 9.17) is 9.72 Å². The summed E-state index contributed by atoms with van der Waals surface area (Å²) in [6, 6.07) is 20.0. The molecule has 2 aromatic heterocycles. The van der Waals surface area contributed by atoms with Crippen molar-refractivity contribution in [3.63, 3.8) is 0 Å². The van der Waals surface area contributed by atoms with Gasteiger partial charge in [-0.1, -0.05) is 42.0 Å². The molecule has 1 N–H and O–H groups in total. The fourth-order valence-corrected chi connectivity index (χ4v) is 4.02. The van der Waals surface area contributed by atoms with E-state index in [1.165, 1.54) is 5.56 Å². The quantitative estimate of drug-likeness (QED) is 0.465. The van der Waals surface area contributed by atoms with Crippen LogP contribution in [0, 0.1) is 6.92 Å². The fourth-order valence-electron chi connectivity index (χ4n) is 3.15. The van der Waals surface area contributed by atoms with Crippen molar-refractivity contribution in [1.29, 1.82) is 0 Å². The van der Waals surface area contributed by atoms with Crippen molar-refractivity contribution >= 4 is 17.2 Å². The number of ether oxygens (including phenoxy) is 1. The Labute approximate surface area is 180 Å². The Morgan fingerprint density at radius 2 is 1.87 bits per heavy atom. The van der Waals surface area contributed by atoms with Crippen LogP contribution in [0.1, 0.15) is 11.1 Å². The SMILES string of the molecule is COc1ccc(CNC(=O)Cn2cccc2-c2nc(-c3ccc(C)cc3)cs2)cc1. The highest BCUT2D eigenvalue weighted by atomic mass is 32.1. The Morgan fingerprint density at radius 1 is 1.10 bits per heavy atom. The van der Waals surface area contributed by atoms with Gasteiger partial charge < -0.3 is 14.6 Å². The number of thiazole rings is 1. The van der Waals surface area contributed by atoms with Gasteiger partial charge in [0, 0.05) is 23.7 Å². The number of carbonyl (C=O) groups excluding carboxylic acids is 1. The molecule has 0 aliphatic heterocycles. The van der Waals surface area contributed by atoms with Crippen LogP contribution in [0.5, 0.6) is 5.75 Å². The van der Waals surface area contributed by atoms with Gasteiger partial charge in [0.25, 0.3) is 0 Å². The molecule has 0 atom stereocenters. The zero-order valence-corrected chi connectivity index (χ0v) is 17.8.